The van der Waals surface area contributed by atoms with Gasteiger partial charge in [0, 0.05) is 16.3 Å². The maximum Gasteiger partial charge on any atom is 0.322 e. The highest BCUT2D eigenvalue weighted by Crippen LogP contribution is 2.38. The van der Waals surface area contributed by atoms with E-state index in [1.165, 1.54) is 0 Å². The van der Waals surface area contributed by atoms with Crippen LogP contribution in [-0.2, 0) is 6.54 Å². The maximum absolute atomic E-state index is 13.2. The van der Waals surface area contributed by atoms with Crippen molar-refractivity contribution in [1.29, 1.82) is 0 Å². The van der Waals surface area contributed by atoms with Crippen LogP contribution in [0, 0.1) is 0 Å². The van der Waals surface area contributed by atoms with Crippen LogP contribution in [0.1, 0.15) is 30.0 Å². The minimum atomic E-state index is -0.473. The van der Waals surface area contributed by atoms with Crippen LogP contribution in [0.25, 0.3) is 17.0 Å². The Hall–Kier alpha value is -4.10. The normalized spacial score (nSPS) is 15.8. The summed E-state index contributed by atoms with van der Waals surface area (Å²) in [4.78, 5) is 19.6. The molecule has 176 valence electrons. The highest BCUT2D eigenvalue weighted by Gasteiger charge is 2.35. The van der Waals surface area contributed by atoms with Crippen molar-refractivity contribution in [2.45, 2.75) is 19.5 Å². The summed E-state index contributed by atoms with van der Waals surface area (Å²) >= 11 is 6.02. The number of ether oxygens (including phenoxy) is 1. The number of hydrogen-bond donors (Lipinski definition) is 1. The van der Waals surface area contributed by atoms with Crippen LogP contribution in [0.3, 0.4) is 0 Å². The van der Waals surface area contributed by atoms with Gasteiger partial charge in [-0.05, 0) is 54.4 Å². The summed E-state index contributed by atoms with van der Waals surface area (Å²) < 4.78 is 11.0. The topological polar surface area (TPSA) is 80.5 Å². The number of carbonyl (C=O) groups excluding carboxylic acids is 1. The van der Waals surface area contributed by atoms with Crippen molar-refractivity contribution < 1.29 is 14.1 Å². The number of nitrogens with zero attached hydrogens (tertiary/aromatic N) is 3. The van der Waals surface area contributed by atoms with Gasteiger partial charge >= 0.3 is 6.03 Å². The Morgan fingerprint density at radius 1 is 1.03 bits per heavy atom. The second-order valence-electron chi connectivity index (χ2n) is 8.16. The molecule has 1 unspecified atom stereocenters. The zero-order chi connectivity index (χ0) is 24.4. The largest absolute Gasteiger partial charge is 0.497 e. The monoisotopic (exact) mass is 486 g/mol. The second-order valence-corrected chi connectivity index (χ2v) is 8.59. The van der Waals surface area contributed by atoms with Crippen molar-refractivity contribution in [3.8, 4) is 17.1 Å². The summed E-state index contributed by atoms with van der Waals surface area (Å²) in [7, 11) is 1.62. The number of carbonyl (C=O) groups is 1. The molecule has 8 heteroatoms. The predicted molar refractivity (Wildman–Crippen MR) is 134 cm³/mol. The first-order valence-corrected chi connectivity index (χ1v) is 11.5. The van der Waals surface area contributed by atoms with E-state index in [0.29, 0.717) is 23.3 Å². The predicted octanol–water partition coefficient (Wildman–Crippen LogP) is 6.10. The Kier molecular flexibility index (Phi) is 6.25. The number of nitrogens with one attached hydrogen (secondary N) is 1. The van der Waals surface area contributed by atoms with E-state index in [0.717, 1.165) is 33.7 Å². The van der Waals surface area contributed by atoms with E-state index in [2.05, 4.69) is 15.5 Å². The summed E-state index contributed by atoms with van der Waals surface area (Å²) in [5.74, 6) is 1.51. The molecule has 5 rings (SSSR count). The molecule has 0 bridgehead atoms. The van der Waals surface area contributed by atoms with Crippen molar-refractivity contribution >= 4 is 23.2 Å². The smallest absolute Gasteiger partial charge is 0.322 e. The first kappa shape index (κ1) is 22.7. The maximum atomic E-state index is 13.2. The Bertz CT molecular complexity index is 1370. The molecular weight excluding hydrogens is 464 g/mol. The van der Waals surface area contributed by atoms with Crippen molar-refractivity contribution in [3.63, 3.8) is 0 Å². The molecule has 35 heavy (non-hydrogen) atoms. The van der Waals surface area contributed by atoms with Gasteiger partial charge in [0.25, 0.3) is 5.89 Å². The molecule has 0 radical (unpaired) electrons. The fourth-order valence-electron chi connectivity index (χ4n) is 4.11. The second kappa shape index (κ2) is 9.64. The molecule has 1 aliphatic heterocycles. The fraction of sp³-hybridized carbons (Fsp3) is 0.148. The standard InChI is InChI=1S/C27H23ClN4O3/c1-17-23(26-30-25(31-35-26)20-8-12-21(28)13-9-20)24(19-10-14-22(34-2)15-11-19)29-27(33)32(17)16-18-6-4-3-5-7-18/h3-15,24H,16H2,1-2H3,(H,29,33). The van der Waals surface area contributed by atoms with Crippen LogP contribution in [0.5, 0.6) is 5.75 Å². The first-order chi connectivity index (χ1) is 17.0. The van der Waals surface area contributed by atoms with Gasteiger partial charge in [-0.2, -0.15) is 4.98 Å². The third-order valence-electron chi connectivity index (χ3n) is 5.99. The van der Waals surface area contributed by atoms with Crippen LogP contribution >= 0.6 is 11.6 Å². The lowest BCUT2D eigenvalue weighted by molar-refractivity contribution is 0.203. The highest BCUT2D eigenvalue weighted by molar-refractivity contribution is 6.30. The lowest BCUT2D eigenvalue weighted by Crippen LogP contribution is -2.45. The molecule has 1 N–H and O–H groups in total. The molecule has 2 heterocycles. The lowest BCUT2D eigenvalue weighted by atomic mass is 9.94. The number of amides is 2. The average molecular weight is 487 g/mol. The minimum absolute atomic E-state index is 0.201. The number of urea groups is 1. The summed E-state index contributed by atoms with van der Waals surface area (Å²) in [6.07, 6.45) is 0. The van der Waals surface area contributed by atoms with Gasteiger partial charge in [0.1, 0.15) is 5.75 Å². The van der Waals surface area contributed by atoms with Crippen LogP contribution in [0.15, 0.2) is 89.1 Å². The zero-order valence-electron chi connectivity index (χ0n) is 19.2. The molecule has 4 aromatic rings. The number of benzene rings is 3. The molecule has 0 spiro atoms. The number of rotatable bonds is 6. The number of hydrogen-bond acceptors (Lipinski definition) is 5. The van der Waals surface area contributed by atoms with Crippen molar-refractivity contribution in [3.05, 3.63) is 107 Å². The molecule has 7 nitrogen and oxygen atoms in total. The summed E-state index contributed by atoms with van der Waals surface area (Å²) in [5, 5.41) is 7.94. The molecule has 2 amide bonds. The number of halogens is 1. The summed E-state index contributed by atoms with van der Waals surface area (Å²) in [6.45, 7) is 2.31. The van der Waals surface area contributed by atoms with Crippen LogP contribution in [0.4, 0.5) is 4.79 Å². The van der Waals surface area contributed by atoms with Gasteiger partial charge in [-0.15, -0.1) is 0 Å². The SMILES string of the molecule is COc1ccc(C2NC(=O)N(Cc3ccccc3)C(C)=C2c2nc(-c3ccc(Cl)cc3)no2)cc1. The van der Waals surface area contributed by atoms with E-state index in [1.54, 1.807) is 24.1 Å². The van der Waals surface area contributed by atoms with Gasteiger partial charge in [0.2, 0.25) is 5.82 Å². The van der Waals surface area contributed by atoms with Gasteiger partial charge in [0.15, 0.2) is 0 Å². The van der Waals surface area contributed by atoms with Gasteiger partial charge < -0.3 is 14.6 Å². The molecular formula is C27H23ClN4O3. The Morgan fingerprint density at radius 2 is 1.74 bits per heavy atom. The molecule has 0 fully saturated rings. The third kappa shape index (κ3) is 4.63. The average Bonchev–Trinajstić information content (AvgIpc) is 3.37. The summed E-state index contributed by atoms with van der Waals surface area (Å²) in [6, 6.07) is 23.9. The zero-order valence-corrected chi connectivity index (χ0v) is 20.0. The molecule has 0 aliphatic carbocycles. The van der Waals surface area contributed by atoms with E-state index in [-0.39, 0.29) is 6.03 Å². The van der Waals surface area contributed by atoms with E-state index < -0.39 is 6.04 Å². The minimum Gasteiger partial charge on any atom is -0.497 e. The quantitative estimate of drug-likeness (QED) is 0.356. The Balaban J connectivity index is 1.58. The first-order valence-electron chi connectivity index (χ1n) is 11.1. The van der Waals surface area contributed by atoms with Crippen LogP contribution in [0.2, 0.25) is 5.02 Å². The number of methoxy groups -OCH3 is 1. The fourth-order valence-corrected chi connectivity index (χ4v) is 4.24. The summed E-state index contributed by atoms with van der Waals surface area (Å²) in [5.41, 5.74) is 4.14. The lowest BCUT2D eigenvalue weighted by Gasteiger charge is -2.35. The third-order valence-corrected chi connectivity index (χ3v) is 6.24. The highest BCUT2D eigenvalue weighted by atomic mass is 35.5. The van der Waals surface area contributed by atoms with Crippen LogP contribution in [-0.4, -0.2) is 28.2 Å². The molecule has 1 aromatic heterocycles. The van der Waals surface area contributed by atoms with E-state index in [9.17, 15) is 4.79 Å². The van der Waals surface area contributed by atoms with Gasteiger partial charge in [-0.1, -0.05) is 59.2 Å². The molecule has 0 saturated carbocycles. The van der Waals surface area contributed by atoms with Gasteiger partial charge in [-0.3, -0.25) is 4.90 Å². The van der Waals surface area contributed by atoms with Crippen molar-refractivity contribution in [2.75, 3.05) is 7.11 Å². The van der Waals surface area contributed by atoms with E-state index in [1.807, 2.05) is 73.7 Å². The number of aromatic nitrogens is 2. The Labute approximate surface area is 208 Å². The molecule has 3 aromatic carbocycles. The number of allylic oxidation sites excluding steroid dienone is 1. The molecule has 1 atom stereocenters. The van der Waals surface area contributed by atoms with Crippen LogP contribution < -0.4 is 10.1 Å². The van der Waals surface area contributed by atoms with Gasteiger partial charge in [-0.25, -0.2) is 4.79 Å². The van der Waals surface area contributed by atoms with Gasteiger partial charge in [0.05, 0.1) is 25.3 Å². The molecule has 0 saturated heterocycles. The van der Waals surface area contributed by atoms with Crippen molar-refractivity contribution in [1.82, 2.24) is 20.4 Å². The van der Waals surface area contributed by atoms with E-state index >= 15 is 0 Å². The van der Waals surface area contributed by atoms with E-state index in [4.69, 9.17) is 20.9 Å². The van der Waals surface area contributed by atoms with Crippen molar-refractivity contribution in [2.24, 2.45) is 0 Å². The molecule has 1 aliphatic rings. The Morgan fingerprint density at radius 3 is 2.43 bits per heavy atom.